The van der Waals surface area contributed by atoms with E-state index in [1.165, 1.54) is 12.1 Å². The standard InChI is InChI=1S/C15H8F3N3O2/c16-15(17,18)23-9-1-2-12-10(5-9)13(22)14-20-11-3-4-19-6-8(11)7-21(12)14/h1-6H,7H2. The number of aliphatic imine (C=N–C) groups is 1. The highest BCUT2D eigenvalue weighted by Gasteiger charge is 2.38. The van der Waals surface area contributed by atoms with Crippen LogP contribution in [0.1, 0.15) is 15.9 Å². The Balaban J connectivity index is 1.77. The van der Waals surface area contributed by atoms with Crippen LogP contribution in [0.2, 0.25) is 0 Å². The minimum Gasteiger partial charge on any atom is -0.406 e. The fourth-order valence-electron chi connectivity index (χ4n) is 2.69. The lowest BCUT2D eigenvalue weighted by atomic mass is 10.1. The lowest BCUT2D eigenvalue weighted by molar-refractivity contribution is -0.274. The number of anilines is 1. The maximum absolute atomic E-state index is 12.4. The van der Waals surface area contributed by atoms with E-state index in [-0.39, 0.29) is 11.4 Å². The van der Waals surface area contributed by atoms with Gasteiger partial charge in [0.2, 0.25) is 5.78 Å². The second-order valence-corrected chi connectivity index (χ2v) is 5.08. The number of nitrogens with zero attached hydrogens (tertiary/aromatic N) is 3. The predicted octanol–water partition coefficient (Wildman–Crippen LogP) is 3.23. The van der Waals surface area contributed by atoms with Crippen molar-refractivity contribution in [2.24, 2.45) is 4.99 Å². The van der Waals surface area contributed by atoms with Crippen molar-refractivity contribution in [3.63, 3.8) is 0 Å². The molecule has 3 heterocycles. The second kappa shape index (κ2) is 4.55. The van der Waals surface area contributed by atoms with Gasteiger partial charge in [-0.1, -0.05) is 0 Å². The highest BCUT2D eigenvalue weighted by atomic mass is 19.4. The molecule has 2 aromatic rings. The number of fused-ring (bicyclic) bond motifs is 4. The van der Waals surface area contributed by atoms with Crippen LogP contribution in [0.3, 0.4) is 0 Å². The fourth-order valence-corrected chi connectivity index (χ4v) is 2.69. The van der Waals surface area contributed by atoms with Crippen LogP contribution in [0.5, 0.6) is 5.75 Å². The summed E-state index contributed by atoms with van der Waals surface area (Å²) < 4.78 is 40.8. The monoisotopic (exact) mass is 319 g/mol. The number of ether oxygens (including phenoxy) is 1. The first-order valence-electron chi connectivity index (χ1n) is 6.66. The van der Waals surface area contributed by atoms with Crippen molar-refractivity contribution in [3.05, 3.63) is 47.8 Å². The molecular weight excluding hydrogens is 311 g/mol. The SMILES string of the molecule is O=C1C2=Nc3ccncc3CN2c2ccc(OC(F)(F)F)cc21. The Kier molecular flexibility index (Phi) is 2.72. The van der Waals surface area contributed by atoms with Gasteiger partial charge >= 0.3 is 6.36 Å². The summed E-state index contributed by atoms with van der Waals surface area (Å²) in [5.74, 6) is -0.651. The topological polar surface area (TPSA) is 54.8 Å². The Morgan fingerprint density at radius 1 is 1.22 bits per heavy atom. The molecule has 0 aliphatic carbocycles. The van der Waals surface area contributed by atoms with Crippen LogP contribution in [0.15, 0.2) is 41.7 Å². The molecular formula is C15H8F3N3O2. The number of amidine groups is 1. The second-order valence-electron chi connectivity index (χ2n) is 5.08. The van der Waals surface area contributed by atoms with E-state index in [4.69, 9.17) is 0 Å². The molecule has 0 bridgehead atoms. The number of hydrogen-bond acceptors (Lipinski definition) is 5. The Morgan fingerprint density at radius 2 is 2.04 bits per heavy atom. The van der Waals surface area contributed by atoms with E-state index in [1.807, 2.05) is 0 Å². The molecule has 4 rings (SSSR count). The summed E-state index contributed by atoms with van der Waals surface area (Å²) in [7, 11) is 0. The number of pyridine rings is 1. The molecule has 116 valence electrons. The molecule has 1 aromatic heterocycles. The third-order valence-electron chi connectivity index (χ3n) is 3.63. The molecule has 0 N–H and O–H groups in total. The van der Waals surface area contributed by atoms with E-state index >= 15 is 0 Å². The fraction of sp³-hybridized carbons (Fsp3) is 0.133. The van der Waals surface area contributed by atoms with Gasteiger partial charge in [-0.2, -0.15) is 0 Å². The molecule has 0 unspecified atom stereocenters. The van der Waals surface area contributed by atoms with Gasteiger partial charge in [0, 0.05) is 18.0 Å². The first-order valence-corrected chi connectivity index (χ1v) is 6.66. The third-order valence-corrected chi connectivity index (χ3v) is 3.63. The van der Waals surface area contributed by atoms with Crippen molar-refractivity contribution < 1.29 is 22.7 Å². The normalized spacial score (nSPS) is 15.7. The van der Waals surface area contributed by atoms with Gasteiger partial charge in [0.1, 0.15) is 5.75 Å². The van der Waals surface area contributed by atoms with Gasteiger partial charge < -0.3 is 9.64 Å². The van der Waals surface area contributed by atoms with E-state index in [1.54, 1.807) is 23.4 Å². The maximum Gasteiger partial charge on any atom is 0.573 e. The van der Waals surface area contributed by atoms with Crippen molar-refractivity contribution in [1.82, 2.24) is 4.98 Å². The van der Waals surface area contributed by atoms with Crippen LogP contribution < -0.4 is 9.64 Å². The Hall–Kier alpha value is -2.90. The molecule has 0 radical (unpaired) electrons. The zero-order valence-corrected chi connectivity index (χ0v) is 11.5. The molecule has 0 spiro atoms. The van der Waals surface area contributed by atoms with Crippen LogP contribution in [0, 0.1) is 0 Å². The Labute approximate surface area is 128 Å². The lowest BCUT2D eigenvalue weighted by Gasteiger charge is -2.24. The summed E-state index contributed by atoms with van der Waals surface area (Å²) in [4.78, 5) is 22.4. The number of ketones is 1. The number of carbonyl (C=O) groups excluding carboxylic acids is 1. The molecule has 2 aliphatic rings. The number of rotatable bonds is 1. The zero-order valence-electron chi connectivity index (χ0n) is 11.5. The number of alkyl halides is 3. The number of hydrogen-bond donors (Lipinski definition) is 0. The number of carbonyl (C=O) groups is 1. The molecule has 5 nitrogen and oxygen atoms in total. The number of aromatic nitrogens is 1. The molecule has 0 atom stereocenters. The van der Waals surface area contributed by atoms with Crippen LogP contribution in [0.4, 0.5) is 24.5 Å². The molecule has 23 heavy (non-hydrogen) atoms. The largest absolute Gasteiger partial charge is 0.573 e. The van der Waals surface area contributed by atoms with Crippen LogP contribution >= 0.6 is 0 Å². The number of benzene rings is 1. The molecule has 1 aromatic carbocycles. The summed E-state index contributed by atoms with van der Waals surface area (Å²) in [5.41, 5.74) is 2.13. The highest BCUT2D eigenvalue weighted by Crippen LogP contribution is 2.39. The van der Waals surface area contributed by atoms with E-state index < -0.39 is 17.9 Å². The smallest absolute Gasteiger partial charge is 0.406 e. The first kappa shape index (κ1) is 13.7. The zero-order chi connectivity index (χ0) is 16.2. The predicted molar refractivity (Wildman–Crippen MR) is 75.0 cm³/mol. The summed E-state index contributed by atoms with van der Waals surface area (Å²) in [5, 5.41) is 0. The van der Waals surface area contributed by atoms with Gasteiger partial charge in [0.05, 0.1) is 23.5 Å². The molecule has 0 saturated heterocycles. The van der Waals surface area contributed by atoms with E-state index in [0.29, 0.717) is 17.9 Å². The van der Waals surface area contributed by atoms with Crippen molar-refractivity contribution in [2.75, 3.05) is 4.90 Å². The molecule has 0 fully saturated rings. The van der Waals surface area contributed by atoms with E-state index in [0.717, 1.165) is 11.6 Å². The molecule has 0 saturated carbocycles. The van der Waals surface area contributed by atoms with Gasteiger partial charge in [-0.3, -0.25) is 9.78 Å². The quantitative estimate of drug-likeness (QED) is 0.810. The first-order chi connectivity index (χ1) is 10.9. The minimum atomic E-state index is -4.80. The molecule has 0 amide bonds. The Morgan fingerprint density at radius 3 is 2.83 bits per heavy atom. The van der Waals surface area contributed by atoms with Gasteiger partial charge in [-0.15, -0.1) is 13.2 Å². The summed E-state index contributed by atoms with van der Waals surface area (Å²) >= 11 is 0. The third kappa shape index (κ3) is 2.23. The number of Topliss-reactive ketones (excluding diaryl/α,β-unsaturated/α-hetero) is 1. The van der Waals surface area contributed by atoms with Gasteiger partial charge in [-0.25, -0.2) is 4.99 Å². The molecule has 2 aliphatic heterocycles. The summed E-state index contributed by atoms with van der Waals surface area (Å²) in [6, 6.07) is 5.39. The van der Waals surface area contributed by atoms with Gasteiger partial charge in [0.15, 0.2) is 5.84 Å². The number of halogens is 3. The average molecular weight is 319 g/mol. The summed E-state index contributed by atoms with van der Waals surface area (Å²) in [6.07, 6.45) is -1.58. The maximum atomic E-state index is 12.4. The highest BCUT2D eigenvalue weighted by molar-refractivity contribution is 6.55. The van der Waals surface area contributed by atoms with Gasteiger partial charge in [-0.05, 0) is 24.3 Å². The lowest BCUT2D eigenvalue weighted by Crippen LogP contribution is -2.31. The van der Waals surface area contributed by atoms with Crippen molar-refractivity contribution in [2.45, 2.75) is 12.9 Å². The molecule has 8 heteroatoms. The Bertz CT molecular complexity index is 861. The summed E-state index contributed by atoms with van der Waals surface area (Å²) in [6.45, 7) is 0.389. The van der Waals surface area contributed by atoms with Crippen molar-refractivity contribution >= 4 is 23.0 Å². The van der Waals surface area contributed by atoms with Gasteiger partial charge in [0.25, 0.3) is 0 Å². The average Bonchev–Trinajstić information content (AvgIpc) is 2.76. The van der Waals surface area contributed by atoms with Crippen LogP contribution in [-0.2, 0) is 6.54 Å². The van der Waals surface area contributed by atoms with Crippen molar-refractivity contribution in [1.29, 1.82) is 0 Å². The van der Waals surface area contributed by atoms with Crippen LogP contribution in [-0.4, -0.2) is 23.0 Å². The van der Waals surface area contributed by atoms with E-state index in [9.17, 15) is 18.0 Å². The van der Waals surface area contributed by atoms with Crippen LogP contribution in [0.25, 0.3) is 0 Å². The minimum absolute atomic E-state index is 0.145. The van der Waals surface area contributed by atoms with Crippen molar-refractivity contribution in [3.8, 4) is 5.75 Å². The van der Waals surface area contributed by atoms with E-state index in [2.05, 4.69) is 14.7 Å².